The molecule has 1 unspecified atom stereocenters. The van der Waals surface area contributed by atoms with Crippen molar-refractivity contribution in [3.63, 3.8) is 0 Å². The van der Waals surface area contributed by atoms with Gasteiger partial charge in [-0.3, -0.25) is 9.52 Å². The summed E-state index contributed by atoms with van der Waals surface area (Å²) in [7, 11) is -3.73. The minimum atomic E-state index is -3.73. The molecule has 0 fully saturated rings. The van der Waals surface area contributed by atoms with Crippen LogP contribution in [0.3, 0.4) is 0 Å². The lowest BCUT2D eigenvalue weighted by Crippen LogP contribution is -2.31. The molecule has 0 aliphatic heterocycles. The minimum absolute atomic E-state index is 0.112. The molecule has 1 amide bonds. The van der Waals surface area contributed by atoms with Crippen LogP contribution in [-0.4, -0.2) is 20.9 Å². The lowest BCUT2D eigenvalue weighted by Gasteiger charge is -2.15. The van der Waals surface area contributed by atoms with E-state index >= 15 is 0 Å². The molecule has 3 aromatic rings. The molecule has 0 heterocycles. The van der Waals surface area contributed by atoms with Gasteiger partial charge in [0.1, 0.15) is 5.75 Å². The fourth-order valence-electron chi connectivity index (χ4n) is 3.22. The monoisotopic (exact) mass is 438 g/mol. The molecule has 3 rings (SSSR count). The molecular formula is C24H26N2O4S. The topological polar surface area (TPSA) is 84.5 Å². The highest BCUT2D eigenvalue weighted by molar-refractivity contribution is 7.92. The maximum atomic E-state index is 12.6. The molecule has 162 valence electrons. The number of hydrogen-bond donors (Lipinski definition) is 2. The third-order valence-electron chi connectivity index (χ3n) is 4.65. The van der Waals surface area contributed by atoms with E-state index in [2.05, 4.69) is 10.0 Å². The van der Waals surface area contributed by atoms with Crippen molar-refractivity contribution < 1.29 is 17.9 Å². The van der Waals surface area contributed by atoms with Crippen LogP contribution < -0.4 is 14.8 Å². The van der Waals surface area contributed by atoms with Crippen LogP contribution in [0.5, 0.6) is 5.75 Å². The highest BCUT2D eigenvalue weighted by Crippen LogP contribution is 2.21. The Bertz CT molecular complexity index is 1120. The summed E-state index contributed by atoms with van der Waals surface area (Å²) in [6.07, 6.45) is 0. The fourth-order valence-corrected chi connectivity index (χ4v) is 4.26. The van der Waals surface area contributed by atoms with E-state index in [1.165, 1.54) is 24.3 Å². The van der Waals surface area contributed by atoms with Gasteiger partial charge in [0, 0.05) is 5.69 Å². The second-order valence-corrected chi connectivity index (χ2v) is 9.12. The Labute approximate surface area is 183 Å². The van der Waals surface area contributed by atoms with Crippen LogP contribution in [0.1, 0.15) is 29.7 Å². The highest BCUT2D eigenvalue weighted by Gasteiger charge is 2.15. The van der Waals surface area contributed by atoms with Crippen molar-refractivity contribution in [2.45, 2.75) is 31.7 Å². The number of ether oxygens (including phenoxy) is 1. The van der Waals surface area contributed by atoms with Crippen LogP contribution in [0.15, 0.2) is 77.7 Å². The van der Waals surface area contributed by atoms with Crippen molar-refractivity contribution >= 4 is 21.6 Å². The molecule has 2 N–H and O–H groups in total. The summed E-state index contributed by atoms with van der Waals surface area (Å²) in [5.41, 5.74) is 3.46. The Hall–Kier alpha value is -3.32. The summed E-state index contributed by atoms with van der Waals surface area (Å²) in [4.78, 5) is 12.3. The molecule has 0 bridgehead atoms. The van der Waals surface area contributed by atoms with E-state index in [-0.39, 0.29) is 23.5 Å². The number of rotatable bonds is 8. The SMILES string of the molecule is Cc1cc(C)cc(NS(=O)(=O)c2ccc(OCC(=O)NC(C)c3ccccc3)cc2)c1. The van der Waals surface area contributed by atoms with E-state index in [9.17, 15) is 13.2 Å². The number of anilines is 1. The van der Waals surface area contributed by atoms with Gasteiger partial charge in [-0.15, -0.1) is 0 Å². The Balaban J connectivity index is 1.57. The second-order valence-electron chi connectivity index (χ2n) is 7.44. The van der Waals surface area contributed by atoms with E-state index < -0.39 is 10.0 Å². The van der Waals surface area contributed by atoms with Gasteiger partial charge in [0.05, 0.1) is 10.9 Å². The smallest absolute Gasteiger partial charge is 0.261 e. The number of carbonyl (C=O) groups is 1. The Morgan fingerprint density at radius 1 is 0.935 bits per heavy atom. The first-order chi connectivity index (χ1) is 14.7. The van der Waals surface area contributed by atoms with E-state index in [0.717, 1.165) is 16.7 Å². The van der Waals surface area contributed by atoms with E-state index in [1.807, 2.05) is 57.2 Å². The van der Waals surface area contributed by atoms with Gasteiger partial charge in [0.15, 0.2) is 6.61 Å². The summed E-state index contributed by atoms with van der Waals surface area (Å²) in [6.45, 7) is 5.56. The van der Waals surface area contributed by atoms with Gasteiger partial charge < -0.3 is 10.1 Å². The Kier molecular flexibility index (Phi) is 6.97. The van der Waals surface area contributed by atoms with Crippen molar-refractivity contribution in [1.29, 1.82) is 0 Å². The Morgan fingerprint density at radius 3 is 2.16 bits per heavy atom. The molecule has 7 heteroatoms. The van der Waals surface area contributed by atoms with Gasteiger partial charge in [-0.05, 0) is 73.9 Å². The molecule has 0 aromatic heterocycles. The summed E-state index contributed by atoms with van der Waals surface area (Å²) >= 11 is 0. The highest BCUT2D eigenvalue weighted by atomic mass is 32.2. The Morgan fingerprint density at radius 2 is 1.55 bits per heavy atom. The quantitative estimate of drug-likeness (QED) is 0.547. The summed E-state index contributed by atoms with van der Waals surface area (Å²) < 4.78 is 33.4. The zero-order valence-corrected chi connectivity index (χ0v) is 18.6. The average Bonchev–Trinajstić information content (AvgIpc) is 2.72. The molecule has 0 spiro atoms. The van der Waals surface area contributed by atoms with Crippen molar-refractivity contribution in [1.82, 2.24) is 5.32 Å². The standard InChI is InChI=1S/C24H26N2O4S/c1-17-13-18(2)15-21(14-17)26-31(28,29)23-11-9-22(10-12-23)30-16-24(27)25-19(3)20-7-5-4-6-8-20/h4-15,19,26H,16H2,1-3H3,(H,25,27). The predicted octanol–water partition coefficient (Wildman–Crippen LogP) is 4.36. The largest absolute Gasteiger partial charge is 0.484 e. The summed E-state index contributed by atoms with van der Waals surface area (Å²) in [6, 6.07) is 21.0. The fraction of sp³-hybridized carbons (Fsp3) is 0.208. The first kappa shape index (κ1) is 22.4. The zero-order chi connectivity index (χ0) is 22.4. The van der Waals surface area contributed by atoms with Crippen LogP contribution in [-0.2, 0) is 14.8 Å². The van der Waals surface area contributed by atoms with Crippen molar-refractivity contribution in [3.8, 4) is 5.75 Å². The molecule has 0 aliphatic carbocycles. The van der Waals surface area contributed by atoms with Crippen LogP contribution in [0.25, 0.3) is 0 Å². The van der Waals surface area contributed by atoms with Crippen molar-refractivity contribution in [2.75, 3.05) is 11.3 Å². The number of aryl methyl sites for hydroxylation is 2. The third-order valence-corrected chi connectivity index (χ3v) is 6.05. The minimum Gasteiger partial charge on any atom is -0.484 e. The van der Waals surface area contributed by atoms with Crippen molar-refractivity contribution in [3.05, 3.63) is 89.5 Å². The van der Waals surface area contributed by atoms with E-state index in [1.54, 1.807) is 12.1 Å². The number of nitrogens with one attached hydrogen (secondary N) is 2. The number of amides is 1. The lowest BCUT2D eigenvalue weighted by atomic mass is 10.1. The van der Waals surface area contributed by atoms with Crippen LogP contribution in [0.4, 0.5) is 5.69 Å². The summed E-state index contributed by atoms with van der Waals surface area (Å²) in [5.74, 6) is 0.150. The van der Waals surface area contributed by atoms with Crippen LogP contribution in [0, 0.1) is 13.8 Å². The molecule has 3 aromatic carbocycles. The van der Waals surface area contributed by atoms with Gasteiger partial charge in [-0.2, -0.15) is 0 Å². The molecule has 0 aliphatic rings. The van der Waals surface area contributed by atoms with Crippen LogP contribution in [0.2, 0.25) is 0 Å². The molecule has 31 heavy (non-hydrogen) atoms. The number of benzene rings is 3. The van der Waals surface area contributed by atoms with E-state index in [0.29, 0.717) is 11.4 Å². The number of hydrogen-bond acceptors (Lipinski definition) is 4. The number of carbonyl (C=O) groups excluding carboxylic acids is 1. The van der Waals surface area contributed by atoms with Crippen molar-refractivity contribution in [2.24, 2.45) is 0 Å². The second kappa shape index (κ2) is 9.66. The maximum Gasteiger partial charge on any atom is 0.261 e. The van der Waals surface area contributed by atoms with Gasteiger partial charge in [-0.25, -0.2) is 8.42 Å². The third kappa shape index (κ3) is 6.33. The summed E-state index contributed by atoms with van der Waals surface area (Å²) in [5, 5.41) is 2.87. The van der Waals surface area contributed by atoms with Gasteiger partial charge in [0.25, 0.3) is 15.9 Å². The first-order valence-corrected chi connectivity index (χ1v) is 11.4. The van der Waals surface area contributed by atoms with Gasteiger partial charge in [-0.1, -0.05) is 36.4 Å². The predicted molar refractivity (Wildman–Crippen MR) is 122 cm³/mol. The number of sulfonamides is 1. The van der Waals surface area contributed by atoms with Crippen LogP contribution >= 0.6 is 0 Å². The molecule has 0 radical (unpaired) electrons. The molecule has 0 saturated heterocycles. The normalized spacial score (nSPS) is 12.1. The average molecular weight is 439 g/mol. The van der Waals surface area contributed by atoms with Gasteiger partial charge in [0.2, 0.25) is 0 Å². The maximum absolute atomic E-state index is 12.6. The molecular weight excluding hydrogens is 412 g/mol. The van der Waals surface area contributed by atoms with E-state index in [4.69, 9.17) is 4.74 Å². The lowest BCUT2D eigenvalue weighted by molar-refractivity contribution is -0.123. The molecule has 0 saturated carbocycles. The van der Waals surface area contributed by atoms with Gasteiger partial charge >= 0.3 is 0 Å². The first-order valence-electron chi connectivity index (χ1n) is 9.91. The zero-order valence-electron chi connectivity index (χ0n) is 17.8. The molecule has 1 atom stereocenters. The molecule has 6 nitrogen and oxygen atoms in total.